The second-order valence-electron chi connectivity index (χ2n) is 7.90. The van der Waals surface area contributed by atoms with Gasteiger partial charge in [0.05, 0.1) is 18.2 Å². The predicted octanol–water partition coefficient (Wildman–Crippen LogP) is 5.83. The molecule has 1 aliphatic carbocycles. The molecule has 3 atom stereocenters. The van der Waals surface area contributed by atoms with Crippen molar-refractivity contribution in [1.29, 1.82) is 0 Å². The third-order valence-corrected chi connectivity index (χ3v) is 6.83. The molecule has 3 unspecified atom stereocenters. The van der Waals surface area contributed by atoms with Crippen LogP contribution in [0.1, 0.15) is 25.3 Å². The Bertz CT molecular complexity index is 991. The number of anilines is 2. The lowest BCUT2D eigenvalue weighted by atomic mass is 9.80. The maximum Gasteiger partial charge on any atom is 0.121 e. The molecule has 0 bridgehead atoms. The normalized spacial score (nSPS) is 22.9. The van der Waals surface area contributed by atoms with Crippen molar-refractivity contribution in [2.45, 2.75) is 31.4 Å². The number of β-amino-alcohol motifs (C(OH)–C–C–N with tert-alkyl or cyclic N) is 1. The van der Waals surface area contributed by atoms with Gasteiger partial charge in [-0.3, -0.25) is 0 Å². The second-order valence-corrected chi connectivity index (χ2v) is 9.73. The first-order chi connectivity index (χ1) is 14.4. The van der Waals surface area contributed by atoms with E-state index in [1.54, 1.807) is 0 Å². The zero-order valence-corrected chi connectivity index (χ0v) is 20.3. The SMILES string of the molecule is CCOc1cccc(NCC(O)CN2c3ccc(Br)cc3C3C=C(Br)C=CC32C)c1. The minimum absolute atomic E-state index is 0.212. The van der Waals surface area contributed by atoms with Crippen LogP contribution in [-0.2, 0) is 0 Å². The van der Waals surface area contributed by atoms with Crippen LogP contribution in [0.25, 0.3) is 0 Å². The van der Waals surface area contributed by atoms with Crippen molar-refractivity contribution in [2.75, 3.05) is 29.9 Å². The Labute approximate surface area is 194 Å². The first kappa shape index (κ1) is 21.5. The van der Waals surface area contributed by atoms with Gasteiger partial charge in [0.2, 0.25) is 0 Å². The summed E-state index contributed by atoms with van der Waals surface area (Å²) in [5.41, 5.74) is 3.18. The number of hydrogen-bond acceptors (Lipinski definition) is 4. The molecule has 1 heterocycles. The molecule has 0 spiro atoms. The molecule has 0 amide bonds. The van der Waals surface area contributed by atoms with E-state index in [-0.39, 0.29) is 11.5 Å². The zero-order valence-electron chi connectivity index (χ0n) is 17.1. The molecule has 158 valence electrons. The van der Waals surface area contributed by atoms with Crippen molar-refractivity contribution in [2.24, 2.45) is 0 Å². The van der Waals surface area contributed by atoms with E-state index < -0.39 is 6.10 Å². The number of allylic oxidation sites excluding steroid dienone is 2. The van der Waals surface area contributed by atoms with Crippen LogP contribution < -0.4 is 15.0 Å². The van der Waals surface area contributed by atoms with Gasteiger partial charge in [-0.05, 0) is 55.8 Å². The number of ether oxygens (including phenoxy) is 1. The summed E-state index contributed by atoms with van der Waals surface area (Å²) in [6.45, 7) is 5.84. The molecule has 0 aromatic heterocycles. The maximum absolute atomic E-state index is 10.9. The van der Waals surface area contributed by atoms with Gasteiger partial charge in [-0.15, -0.1) is 0 Å². The van der Waals surface area contributed by atoms with E-state index in [0.29, 0.717) is 19.7 Å². The van der Waals surface area contributed by atoms with Gasteiger partial charge in [0.25, 0.3) is 0 Å². The van der Waals surface area contributed by atoms with Gasteiger partial charge in [0.1, 0.15) is 5.75 Å². The van der Waals surface area contributed by atoms with Gasteiger partial charge in [-0.2, -0.15) is 0 Å². The van der Waals surface area contributed by atoms with Gasteiger partial charge in [-0.1, -0.05) is 50.1 Å². The van der Waals surface area contributed by atoms with E-state index in [9.17, 15) is 5.11 Å². The highest BCUT2D eigenvalue weighted by atomic mass is 79.9. The van der Waals surface area contributed by atoms with Crippen LogP contribution in [0.5, 0.6) is 5.75 Å². The molecule has 6 heteroatoms. The number of rotatable bonds is 7. The topological polar surface area (TPSA) is 44.7 Å². The number of fused-ring (bicyclic) bond motifs is 3. The van der Waals surface area contributed by atoms with Crippen LogP contribution in [0.15, 0.2) is 69.6 Å². The number of halogens is 2. The first-order valence-electron chi connectivity index (χ1n) is 10.2. The summed E-state index contributed by atoms with van der Waals surface area (Å²) in [6, 6.07) is 14.2. The molecule has 2 N–H and O–H groups in total. The van der Waals surface area contributed by atoms with Gasteiger partial charge in [0.15, 0.2) is 0 Å². The Hall–Kier alpha value is -1.76. The van der Waals surface area contributed by atoms with Crippen LogP contribution in [0, 0.1) is 0 Å². The van der Waals surface area contributed by atoms with E-state index in [2.05, 4.69) is 85.4 Å². The highest BCUT2D eigenvalue weighted by molar-refractivity contribution is 9.12. The average molecular weight is 534 g/mol. The van der Waals surface area contributed by atoms with E-state index in [4.69, 9.17) is 4.74 Å². The second kappa shape index (κ2) is 8.77. The molecular weight excluding hydrogens is 508 g/mol. The van der Waals surface area contributed by atoms with Gasteiger partial charge < -0.3 is 20.1 Å². The summed E-state index contributed by atoms with van der Waals surface area (Å²) in [4.78, 5) is 2.33. The average Bonchev–Trinajstić information content (AvgIpc) is 2.95. The summed E-state index contributed by atoms with van der Waals surface area (Å²) in [5, 5.41) is 14.2. The van der Waals surface area contributed by atoms with Crippen LogP contribution in [-0.4, -0.2) is 36.4 Å². The fourth-order valence-corrected chi connectivity index (χ4v) is 5.12. The number of benzene rings is 2. The number of nitrogens with one attached hydrogen (secondary N) is 1. The molecule has 0 saturated heterocycles. The Morgan fingerprint density at radius 2 is 2.07 bits per heavy atom. The molecule has 0 radical (unpaired) electrons. The van der Waals surface area contributed by atoms with E-state index in [1.807, 2.05) is 31.2 Å². The molecule has 4 rings (SSSR count). The van der Waals surface area contributed by atoms with Crippen LogP contribution >= 0.6 is 31.9 Å². The van der Waals surface area contributed by atoms with Crippen LogP contribution in [0.3, 0.4) is 0 Å². The summed E-state index contributed by atoms with van der Waals surface area (Å²) in [6.07, 6.45) is 6.07. The molecular formula is C24H26Br2N2O2. The largest absolute Gasteiger partial charge is 0.494 e. The molecule has 0 saturated carbocycles. The lowest BCUT2D eigenvalue weighted by molar-refractivity contribution is 0.187. The Kier molecular flexibility index (Phi) is 6.28. The van der Waals surface area contributed by atoms with Crippen molar-refractivity contribution >= 4 is 43.2 Å². The molecule has 2 aromatic carbocycles. The van der Waals surface area contributed by atoms with Crippen LogP contribution in [0.2, 0.25) is 0 Å². The first-order valence-corrected chi connectivity index (χ1v) is 11.8. The van der Waals surface area contributed by atoms with Crippen molar-refractivity contribution in [1.82, 2.24) is 0 Å². The molecule has 2 aliphatic rings. The maximum atomic E-state index is 10.9. The molecule has 2 aromatic rings. The number of nitrogens with zero attached hydrogens (tertiary/aromatic N) is 1. The Balaban J connectivity index is 1.51. The van der Waals surface area contributed by atoms with Gasteiger partial charge in [0, 0.05) is 45.4 Å². The minimum Gasteiger partial charge on any atom is -0.494 e. The minimum atomic E-state index is -0.532. The van der Waals surface area contributed by atoms with E-state index in [0.717, 1.165) is 20.4 Å². The van der Waals surface area contributed by atoms with Crippen molar-refractivity contribution in [3.63, 3.8) is 0 Å². The summed E-state index contributed by atoms with van der Waals surface area (Å²) in [7, 11) is 0. The molecule has 1 aliphatic heterocycles. The molecule has 4 nitrogen and oxygen atoms in total. The Morgan fingerprint density at radius 3 is 2.87 bits per heavy atom. The summed E-state index contributed by atoms with van der Waals surface area (Å²) < 4.78 is 7.72. The quantitative estimate of drug-likeness (QED) is 0.470. The van der Waals surface area contributed by atoms with Crippen LogP contribution in [0.4, 0.5) is 11.4 Å². The standard InChI is InChI=1S/C24H26Br2N2O2/c1-3-30-20-6-4-5-18(13-20)27-14-19(29)15-28-23-8-7-16(25)11-21(23)22-12-17(26)9-10-24(22,28)2/h4-13,19,22,27,29H,3,14-15H2,1-2H3. The number of hydrogen-bond donors (Lipinski definition) is 2. The fourth-order valence-electron chi connectivity index (χ4n) is 4.35. The van der Waals surface area contributed by atoms with Crippen molar-refractivity contribution in [3.05, 3.63) is 75.2 Å². The highest BCUT2D eigenvalue weighted by Crippen LogP contribution is 2.52. The summed E-state index contributed by atoms with van der Waals surface area (Å²) >= 11 is 7.25. The third-order valence-electron chi connectivity index (χ3n) is 5.81. The van der Waals surface area contributed by atoms with E-state index >= 15 is 0 Å². The van der Waals surface area contributed by atoms with Crippen molar-refractivity contribution < 1.29 is 9.84 Å². The highest BCUT2D eigenvalue weighted by Gasteiger charge is 2.47. The predicted molar refractivity (Wildman–Crippen MR) is 131 cm³/mol. The van der Waals surface area contributed by atoms with Gasteiger partial charge in [-0.25, -0.2) is 0 Å². The lowest BCUT2D eigenvalue weighted by Gasteiger charge is -2.40. The lowest BCUT2D eigenvalue weighted by Crippen LogP contribution is -2.49. The molecule has 0 fully saturated rings. The summed E-state index contributed by atoms with van der Waals surface area (Å²) in [5.74, 6) is 1.06. The smallest absolute Gasteiger partial charge is 0.121 e. The monoisotopic (exact) mass is 532 g/mol. The van der Waals surface area contributed by atoms with E-state index in [1.165, 1.54) is 11.3 Å². The fraction of sp³-hybridized carbons (Fsp3) is 0.333. The molecule has 30 heavy (non-hydrogen) atoms. The Morgan fingerprint density at radius 1 is 1.23 bits per heavy atom. The van der Waals surface area contributed by atoms with Gasteiger partial charge >= 0.3 is 0 Å². The third kappa shape index (κ3) is 4.18. The van der Waals surface area contributed by atoms with Crippen molar-refractivity contribution in [3.8, 4) is 5.75 Å². The number of aliphatic hydroxyl groups excluding tert-OH is 1. The zero-order chi connectivity index (χ0) is 21.3. The number of aliphatic hydroxyl groups is 1.